The molecule has 94 valence electrons. The second-order valence-electron chi connectivity index (χ2n) is 4.45. The molecular formula is C14H16N2O2. The van der Waals surface area contributed by atoms with E-state index < -0.39 is 0 Å². The van der Waals surface area contributed by atoms with Crippen molar-refractivity contribution in [1.82, 2.24) is 10.2 Å². The summed E-state index contributed by atoms with van der Waals surface area (Å²) in [4.78, 5) is 11.8. The second-order valence-corrected chi connectivity index (χ2v) is 4.45. The molecular weight excluding hydrogens is 228 g/mol. The Hall–Kier alpha value is -1.97. The first-order chi connectivity index (χ1) is 8.61. The summed E-state index contributed by atoms with van der Waals surface area (Å²) in [6.45, 7) is 5.74. The Morgan fingerprint density at radius 3 is 2.39 bits per heavy atom. The lowest BCUT2D eigenvalue weighted by atomic mass is 10.0. The summed E-state index contributed by atoms with van der Waals surface area (Å²) < 4.78 is 5.46. The van der Waals surface area contributed by atoms with Crippen molar-refractivity contribution in [1.29, 1.82) is 0 Å². The van der Waals surface area contributed by atoms with Crippen LogP contribution in [0, 0.1) is 5.92 Å². The summed E-state index contributed by atoms with van der Waals surface area (Å²) in [5.74, 6) is 1.26. The van der Waals surface area contributed by atoms with Gasteiger partial charge in [-0.1, -0.05) is 32.9 Å². The summed E-state index contributed by atoms with van der Waals surface area (Å²) in [5.41, 5.74) is 1.55. The van der Waals surface area contributed by atoms with Crippen LogP contribution in [0.2, 0.25) is 0 Å². The Balaban J connectivity index is 2.24. The monoisotopic (exact) mass is 244 g/mol. The number of benzene rings is 1. The molecule has 0 atom stereocenters. The van der Waals surface area contributed by atoms with E-state index in [1.807, 2.05) is 32.9 Å². The van der Waals surface area contributed by atoms with E-state index in [0.717, 1.165) is 12.0 Å². The van der Waals surface area contributed by atoms with E-state index in [9.17, 15) is 4.79 Å². The number of carbonyl (C=O) groups excluding carboxylic acids is 1. The highest BCUT2D eigenvalue weighted by molar-refractivity contribution is 5.97. The lowest BCUT2D eigenvalue weighted by Gasteiger charge is -2.04. The molecule has 4 nitrogen and oxygen atoms in total. The fraction of sp³-hybridized carbons (Fsp3) is 0.357. The first-order valence-corrected chi connectivity index (χ1v) is 6.08. The van der Waals surface area contributed by atoms with Crippen molar-refractivity contribution in [2.75, 3.05) is 0 Å². The zero-order chi connectivity index (χ0) is 13.1. The third-order valence-corrected chi connectivity index (χ3v) is 2.71. The molecule has 2 rings (SSSR count). The molecule has 0 unspecified atom stereocenters. The first-order valence-electron chi connectivity index (χ1n) is 6.08. The largest absolute Gasteiger partial charge is 0.421 e. The Kier molecular flexibility index (Phi) is 3.55. The maximum atomic E-state index is 11.8. The van der Waals surface area contributed by atoms with Gasteiger partial charge in [-0.05, 0) is 12.1 Å². The third kappa shape index (κ3) is 2.47. The maximum Gasteiger partial charge on any atom is 0.247 e. The normalized spacial score (nSPS) is 10.9. The highest BCUT2D eigenvalue weighted by atomic mass is 16.4. The molecule has 0 saturated heterocycles. The van der Waals surface area contributed by atoms with Crippen LogP contribution in [0.15, 0.2) is 28.7 Å². The van der Waals surface area contributed by atoms with E-state index in [2.05, 4.69) is 10.2 Å². The average Bonchev–Trinajstić information content (AvgIpc) is 2.86. The number of hydrogen-bond donors (Lipinski definition) is 0. The van der Waals surface area contributed by atoms with Gasteiger partial charge in [-0.2, -0.15) is 0 Å². The van der Waals surface area contributed by atoms with Gasteiger partial charge in [0.05, 0.1) is 0 Å². The quantitative estimate of drug-likeness (QED) is 0.775. The summed E-state index contributed by atoms with van der Waals surface area (Å²) in [6, 6.07) is 7.27. The first kappa shape index (κ1) is 12.5. The molecule has 0 spiro atoms. The van der Waals surface area contributed by atoms with Gasteiger partial charge >= 0.3 is 0 Å². The van der Waals surface area contributed by atoms with Crippen molar-refractivity contribution in [3.05, 3.63) is 35.7 Å². The fourth-order valence-electron chi connectivity index (χ4n) is 1.62. The standard InChI is InChI=1S/C14H16N2O2/c1-4-12-15-16-14(18-12)11-7-5-10(6-8-11)13(17)9(2)3/h5-9H,4H2,1-3H3. The number of ketones is 1. The van der Waals surface area contributed by atoms with Gasteiger partial charge in [0, 0.05) is 23.5 Å². The summed E-state index contributed by atoms with van der Waals surface area (Å²) in [5, 5.41) is 7.88. The molecule has 0 aliphatic carbocycles. The number of aromatic nitrogens is 2. The molecule has 4 heteroatoms. The number of hydrogen-bond acceptors (Lipinski definition) is 4. The van der Waals surface area contributed by atoms with Gasteiger partial charge in [0.1, 0.15) is 0 Å². The van der Waals surface area contributed by atoms with Crippen molar-refractivity contribution in [2.45, 2.75) is 27.2 Å². The van der Waals surface area contributed by atoms with Crippen LogP contribution in [0.3, 0.4) is 0 Å². The molecule has 0 aliphatic heterocycles. The van der Waals surface area contributed by atoms with Gasteiger partial charge in [-0.15, -0.1) is 10.2 Å². The summed E-state index contributed by atoms with van der Waals surface area (Å²) in [6.07, 6.45) is 0.719. The predicted octanol–water partition coefficient (Wildman–Crippen LogP) is 3.14. The van der Waals surface area contributed by atoms with Crippen molar-refractivity contribution in [2.24, 2.45) is 5.92 Å². The van der Waals surface area contributed by atoms with E-state index in [1.165, 1.54) is 0 Å². The fourth-order valence-corrected chi connectivity index (χ4v) is 1.62. The molecule has 0 aliphatic rings. The number of Topliss-reactive ketones (excluding diaryl/α,β-unsaturated/α-hetero) is 1. The molecule has 0 N–H and O–H groups in total. The molecule has 0 fully saturated rings. The highest BCUT2D eigenvalue weighted by Crippen LogP contribution is 2.19. The van der Waals surface area contributed by atoms with E-state index in [0.29, 0.717) is 17.3 Å². The van der Waals surface area contributed by atoms with Crippen LogP contribution in [0.5, 0.6) is 0 Å². The second kappa shape index (κ2) is 5.12. The topological polar surface area (TPSA) is 56.0 Å². The molecule has 18 heavy (non-hydrogen) atoms. The number of aryl methyl sites for hydroxylation is 1. The van der Waals surface area contributed by atoms with Crippen molar-refractivity contribution < 1.29 is 9.21 Å². The van der Waals surface area contributed by atoms with Gasteiger partial charge in [0.25, 0.3) is 0 Å². The van der Waals surface area contributed by atoms with E-state index in [1.54, 1.807) is 12.1 Å². The summed E-state index contributed by atoms with van der Waals surface area (Å²) in [7, 11) is 0. The molecule has 0 bridgehead atoms. The van der Waals surface area contributed by atoms with Gasteiger partial charge in [-0.3, -0.25) is 4.79 Å². The predicted molar refractivity (Wildman–Crippen MR) is 68.3 cm³/mol. The highest BCUT2D eigenvalue weighted by Gasteiger charge is 2.12. The zero-order valence-electron chi connectivity index (χ0n) is 10.8. The van der Waals surface area contributed by atoms with Gasteiger partial charge in [0.15, 0.2) is 5.78 Å². The minimum absolute atomic E-state index is 0.00551. The van der Waals surface area contributed by atoms with Gasteiger partial charge < -0.3 is 4.42 Å². The lowest BCUT2D eigenvalue weighted by molar-refractivity contribution is 0.0939. The van der Waals surface area contributed by atoms with Gasteiger partial charge in [-0.25, -0.2) is 0 Å². The minimum atomic E-state index is 0.00551. The smallest absolute Gasteiger partial charge is 0.247 e. The summed E-state index contributed by atoms with van der Waals surface area (Å²) >= 11 is 0. The van der Waals surface area contributed by atoms with E-state index >= 15 is 0 Å². The van der Waals surface area contributed by atoms with Crippen molar-refractivity contribution in [3.63, 3.8) is 0 Å². The average molecular weight is 244 g/mol. The third-order valence-electron chi connectivity index (χ3n) is 2.71. The van der Waals surface area contributed by atoms with E-state index in [4.69, 9.17) is 4.42 Å². The van der Waals surface area contributed by atoms with Crippen LogP contribution in [-0.2, 0) is 6.42 Å². The van der Waals surface area contributed by atoms with Crippen LogP contribution in [0.25, 0.3) is 11.5 Å². The van der Waals surface area contributed by atoms with E-state index in [-0.39, 0.29) is 11.7 Å². The lowest BCUT2D eigenvalue weighted by Crippen LogP contribution is -2.06. The molecule has 1 heterocycles. The maximum absolute atomic E-state index is 11.8. The number of carbonyl (C=O) groups is 1. The molecule has 0 amide bonds. The Labute approximate surface area is 106 Å². The minimum Gasteiger partial charge on any atom is -0.421 e. The van der Waals surface area contributed by atoms with Crippen LogP contribution < -0.4 is 0 Å². The Bertz CT molecular complexity index is 541. The van der Waals surface area contributed by atoms with Crippen LogP contribution >= 0.6 is 0 Å². The molecule has 0 radical (unpaired) electrons. The Morgan fingerprint density at radius 1 is 1.22 bits per heavy atom. The van der Waals surface area contributed by atoms with Gasteiger partial charge in [0.2, 0.25) is 11.8 Å². The molecule has 1 aromatic carbocycles. The number of rotatable bonds is 4. The molecule has 2 aromatic rings. The zero-order valence-corrected chi connectivity index (χ0v) is 10.8. The van der Waals surface area contributed by atoms with Crippen LogP contribution in [0.4, 0.5) is 0 Å². The van der Waals surface area contributed by atoms with Crippen LogP contribution in [0.1, 0.15) is 37.0 Å². The number of nitrogens with zero attached hydrogens (tertiary/aromatic N) is 2. The van der Waals surface area contributed by atoms with Crippen LogP contribution in [-0.4, -0.2) is 16.0 Å². The SMILES string of the molecule is CCc1nnc(-c2ccc(C(=O)C(C)C)cc2)o1. The molecule has 1 aromatic heterocycles. The molecule has 0 saturated carbocycles. The Morgan fingerprint density at radius 2 is 1.89 bits per heavy atom. The van der Waals surface area contributed by atoms with Crippen molar-refractivity contribution in [3.8, 4) is 11.5 Å². The van der Waals surface area contributed by atoms with Crippen molar-refractivity contribution >= 4 is 5.78 Å².